The van der Waals surface area contributed by atoms with Gasteiger partial charge in [-0.25, -0.2) is 0 Å². The average molecular weight is 554 g/mol. The van der Waals surface area contributed by atoms with Gasteiger partial charge in [-0.15, -0.1) is 0 Å². The van der Waals surface area contributed by atoms with Crippen molar-refractivity contribution in [2.24, 2.45) is 4.99 Å². The Labute approximate surface area is 227 Å². The Kier molecular flexibility index (Phi) is 12.3. The molecule has 0 saturated carbocycles. The largest absolute Gasteiger partial charge is 0.416 e. The fourth-order valence-corrected chi connectivity index (χ4v) is 4.17. The van der Waals surface area contributed by atoms with Gasteiger partial charge in [0.2, 0.25) is 0 Å². The van der Waals surface area contributed by atoms with Crippen LogP contribution in [0.25, 0.3) is 0 Å². The standard InChI is InChI=1S/C19H24F3N3.C11H13F3/c1-4-15-13-25(11-10-17(15)24-18(5-2)23-3)12-14-6-8-16(9-7-14)19(20,21)22;1-9(7-8-11(12,13)14)10-5-3-2-4-6-10/h4,6-9H,1,5,10-13H2,2-3H3,(H,23,24);2-6,9H,7-8H2,1H3. The third-order valence-corrected chi connectivity index (χ3v) is 6.52. The molecule has 2 aromatic rings. The van der Waals surface area contributed by atoms with Crippen molar-refractivity contribution in [3.8, 4) is 0 Å². The van der Waals surface area contributed by atoms with E-state index in [1.165, 1.54) is 0 Å². The highest BCUT2D eigenvalue weighted by Gasteiger charge is 2.30. The van der Waals surface area contributed by atoms with Crippen molar-refractivity contribution in [3.05, 3.63) is 95.2 Å². The lowest BCUT2D eigenvalue weighted by Gasteiger charge is -2.30. The minimum atomic E-state index is -4.29. The molecule has 0 spiro atoms. The lowest BCUT2D eigenvalue weighted by Crippen LogP contribution is -2.36. The van der Waals surface area contributed by atoms with Gasteiger partial charge in [-0.1, -0.05) is 69.0 Å². The van der Waals surface area contributed by atoms with Crippen LogP contribution in [-0.2, 0) is 12.7 Å². The second kappa shape index (κ2) is 14.9. The molecule has 0 fully saturated rings. The van der Waals surface area contributed by atoms with E-state index in [4.69, 9.17) is 0 Å². The Hall–Kier alpha value is -3.07. The van der Waals surface area contributed by atoms with Crippen LogP contribution in [0.3, 0.4) is 0 Å². The van der Waals surface area contributed by atoms with E-state index in [2.05, 4.69) is 21.8 Å². The summed E-state index contributed by atoms with van der Waals surface area (Å²) in [5.74, 6) is 0.906. The summed E-state index contributed by atoms with van der Waals surface area (Å²) in [6.07, 6.45) is -5.37. The van der Waals surface area contributed by atoms with Crippen LogP contribution in [0, 0.1) is 0 Å². The zero-order valence-corrected chi connectivity index (χ0v) is 22.7. The first-order chi connectivity index (χ1) is 18.4. The summed E-state index contributed by atoms with van der Waals surface area (Å²) < 4.78 is 73.7. The molecule has 0 amide bonds. The van der Waals surface area contributed by atoms with Crippen molar-refractivity contribution in [3.63, 3.8) is 0 Å². The number of amidine groups is 1. The maximum absolute atomic E-state index is 12.6. The number of rotatable bonds is 8. The van der Waals surface area contributed by atoms with Crippen LogP contribution in [-0.4, -0.2) is 37.0 Å². The number of benzene rings is 2. The van der Waals surface area contributed by atoms with E-state index >= 15 is 0 Å². The number of hydrogen-bond acceptors (Lipinski definition) is 2. The molecule has 0 aromatic heterocycles. The topological polar surface area (TPSA) is 27.6 Å². The summed E-state index contributed by atoms with van der Waals surface area (Å²) in [6, 6.07) is 14.7. The van der Waals surface area contributed by atoms with E-state index in [0.29, 0.717) is 13.1 Å². The third kappa shape index (κ3) is 11.3. The van der Waals surface area contributed by atoms with Gasteiger partial charge in [0.15, 0.2) is 0 Å². The first-order valence-corrected chi connectivity index (χ1v) is 12.9. The smallest absolute Gasteiger partial charge is 0.347 e. The highest BCUT2D eigenvalue weighted by molar-refractivity contribution is 5.83. The Morgan fingerprint density at radius 3 is 2.21 bits per heavy atom. The van der Waals surface area contributed by atoms with Crippen LogP contribution in [0.5, 0.6) is 0 Å². The van der Waals surface area contributed by atoms with Gasteiger partial charge < -0.3 is 5.32 Å². The molecule has 39 heavy (non-hydrogen) atoms. The summed E-state index contributed by atoms with van der Waals surface area (Å²) in [4.78, 5) is 6.42. The molecular weight excluding hydrogens is 516 g/mol. The molecular formula is C30H37F6N3. The number of nitrogens with one attached hydrogen (secondary N) is 1. The van der Waals surface area contributed by atoms with Crippen LogP contribution < -0.4 is 5.32 Å². The zero-order chi connectivity index (χ0) is 29.1. The summed E-state index contributed by atoms with van der Waals surface area (Å²) in [6.45, 7) is 9.92. The Morgan fingerprint density at radius 1 is 1.05 bits per heavy atom. The minimum absolute atomic E-state index is 0.0298. The molecule has 1 aliphatic heterocycles. The predicted molar refractivity (Wildman–Crippen MR) is 145 cm³/mol. The fourth-order valence-electron chi connectivity index (χ4n) is 4.17. The first kappa shape index (κ1) is 32.1. The Bertz CT molecular complexity index is 1090. The maximum atomic E-state index is 12.6. The first-order valence-electron chi connectivity index (χ1n) is 12.9. The molecule has 3 rings (SSSR count). The summed E-state index contributed by atoms with van der Waals surface area (Å²) in [7, 11) is 1.76. The molecule has 0 bridgehead atoms. The Morgan fingerprint density at radius 2 is 1.69 bits per heavy atom. The van der Waals surface area contributed by atoms with Crippen LogP contribution >= 0.6 is 0 Å². The molecule has 0 radical (unpaired) electrons. The van der Waals surface area contributed by atoms with E-state index in [1.54, 1.807) is 19.2 Å². The van der Waals surface area contributed by atoms with Gasteiger partial charge in [-0.05, 0) is 41.2 Å². The highest BCUT2D eigenvalue weighted by atomic mass is 19.4. The summed E-state index contributed by atoms with van der Waals surface area (Å²) >= 11 is 0. The molecule has 1 aliphatic rings. The molecule has 214 valence electrons. The quantitative estimate of drug-likeness (QED) is 0.202. The third-order valence-electron chi connectivity index (χ3n) is 6.52. The van der Waals surface area contributed by atoms with Crippen molar-refractivity contribution < 1.29 is 26.3 Å². The van der Waals surface area contributed by atoms with Crippen molar-refractivity contribution in [2.75, 3.05) is 20.1 Å². The molecule has 1 heterocycles. The highest BCUT2D eigenvalue weighted by Crippen LogP contribution is 2.30. The van der Waals surface area contributed by atoms with Crippen molar-refractivity contribution >= 4 is 5.84 Å². The Balaban J connectivity index is 0.000000322. The lowest BCUT2D eigenvalue weighted by molar-refractivity contribution is -0.138. The van der Waals surface area contributed by atoms with Crippen molar-refractivity contribution in [1.29, 1.82) is 0 Å². The molecule has 0 saturated heterocycles. The average Bonchev–Trinajstić information content (AvgIpc) is 2.91. The second-order valence-electron chi connectivity index (χ2n) is 9.48. The number of alkyl halides is 6. The van der Waals surface area contributed by atoms with E-state index in [9.17, 15) is 26.3 Å². The van der Waals surface area contributed by atoms with Crippen molar-refractivity contribution in [1.82, 2.24) is 10.2 Å². The molecule has 1 unspecified atom stereocenters. The number of hydrogen-bond donors (Lipinski definition) is 1. The van der Waals surface area contributed by atoms with Gasteiger partial charge in [0.25, 0.3) is 0 Å². The van der Waals surface area contributed by atoms with Crippen LogP contribution in [0.1, 0.15) is 62.1 Å². The van der Waals surface area contributed by atoms with E-state index in [-0.39, 0.29) is 12.3 Å². The van der Waals surface area contributed by atoms with E-state index < -0.39 is 24.3 Å². The molecule has 0 aliphatic carbocycles. The normalized spacial score (nSPS) is 15.9. The zero-order valence-electron chi connectivity index (χ0n) is 22.7. The van der Waals surface area contributed by atoms with Gasteiger partial charge in [0, 0.05) is 51.6 Å². The van der Waals surface area contributed by atoms with E-state index in [1.807, 2.05) is 50.3 Å². The van der Waals surface area contributed by atoms with Gasteiger partial charge in [0.05, 0.1) is 11.4 Å². The summed E-state index contributed by atoms with van der Waals surface area (Å²) in [5, 5.41) is 3.37. The van der Waals surface area contributed by atoms with Gasteiger partial charge in [-0.3, -0.25) is 9.89 Å². The predicted octanol–water partition coefficient (Wildman–Crippen LogP) is 8.51. The molecule has 2 aromatic carbocycles. The van der Waals surface area contributed by atoms with Gasteiger partial charge in [0.1, 0.15) is 0 Å². The lowest BCUT2D eigenvalue weighted by atomic mass is 9.96. The SMILES string of the molecule is C=CC1=C(NC(CC)=NC)CCN(Cc2ccc(C(F)(F)F)cc2)C1.CC(CCC(F)(F)F)c1ccccc1. The fraction of sp³-hybridized carbons (Fsp3) is 0.433. The maximum Gasteiger partial charge on any atom is 0.416 e. The number of aliphatic imine (C=N–C) groups is 1. The van der Waals surface area contributed by atoms with Gasteiger partial charge in [-0.2, -0.15) is 26.3 Å². The molecule has 1 N–H and O–H groups in total. The second-order valence-corrected chi connectivity index (χ2v) is 9.48. The van der Waals surface area contributed by atoms with E-state index in [0.717, 1.165) is 59.8 Å². The van der Waals surface area contributed by atoms with Crippen LogP contribution in [0.4, 0.5) is 26.3 Å². The van der Waals surface area contributed by atoms with Crippen LogP contribution in [0.2, 0.25) is 0 Å². The number of nitrogens with zero attached hydrogens (tertiary/aromatic N) is 2. The van der Waals surface area contributed by atoms with Gasteiger partial charge >= 0.3 is 12.4 Å². The molecule has 9 heteroatoms. The van der Waals surface area contributed by atoms with Crippen LogP contribution in [0.15, 0.2) is 83.5 Å². The molecule has 1 atom stereocenters. The van der Waals surface area contributed by atoms with Crippen molar-refractivity contribution in [2.45, 2.75) is 64.3 Å². The molecule has 3 nitrogen and oxygen atoms in total. The minimum Gasteiger partial charge on any atom is -0.347 e. The monoisotopic (exact) mass is 553 g/mol. The summed E-state index contributed by atoms with van der Waals surface area (Å²) in [5.41, 5.74) is 3.46. The number of halogens is 6.